The highest BCUT2D eigenvalue weighted by atomic mass is 16.5. The van der Waals surface area contributed by atoms with Crippen LogP contribution in [0.4, 0.5) is 5.82 Å². The molecule has 4 rings (SSSR count). The molecule has 1 atom stereocenters. The van der Waals surface area contributed by atoms with Crippen molar-refractivity contribution >= 4 is 11.6 Å². The molecule has 0 amide bonds. The maximum absolute atomic E-state index is 5.26. The normalized spacial score (nSPS) is 18.4. The molecule has 0 bridgehead atoms. The van der Waals surface area contributed by atoms with Crippen LogP contribution in [0.5, 0.6) is 0 Å². The molecular weight excluding hydrogens is 314 g/mol. The fourth-order valence-corrected chi connectivity index (χ4v) is 3.68. The summed E-state index contributed by atoms with van der Waals surface area (Å²) in [7, 11) is 1.69. The first-order chi connectivity index (χ1) is 12.3. The molecule has 0 radical (unpaired) electrons. The highest BCUT2D eigenvalue weighted by molar-refractivity contribution is 5.47. The Kier molecular flexibility index (Phi) is 4.61. The summed E-state index contributed by atoms with van der Waals surface area (Å²) < 4.78 is 7.09. The van der Waals surface area contributed by atoms with Crippen molar-refractivity contribution in [2.45, 2.75) is 31.8 Å². The van der Waals surface area contributed by atoms with E-state index in [1.165, 1.54) is 12.0 Å². The fraction of sp³-hybridized carbons (Fsp3) is 0.421. The minimum absolute atomic E-state index is 0.483. The topological polar surface area (TPSA) is 55.6 Å². The van der Waals surface area contributed by atoms with Crippen molar-refractivity contribution < 1.29 is 4.74 Å². The Morgan fingerprint density at radius 2 is 2.04 bits per heavy atom. The molecule has 3 heterocycles. The molecule has 25 heavy (non-hydrogen) atoms. The van der Waals surface area contributed by atoms with E-state index < -0.39 is 0 Å². The number of hydrogen-bond acceptors (Lipinski definition) is 5. The smallest absolute Gasteiger partial charge is 0.254 e. The molecule has 0 unspecified atom stereocenters. The van der Waals surface area contributed by atoms with Crippen molar-refractivity contribution in [3.63, 3.8) is 0 Å². The minimum atomic E-state index is 0.483. The molecule has 0 aliphatic carbocycles. The van der Waals surface area contributed by atoms with Crippen molar-refractivity contribution in [3.8, 4) is 0 Å². The van der Waals surface area contributed by atoms with Gasteiger partial charge in [-0.05, 0) is 30.7 Å². The third-order valence-electron chi connectivity index (χ3n) is 4.90. The Bertz CT molecular complexity index is 832. The van der Waals surface area contributed by atoms with E-state index in [2.05, 4.69) is 56.4 Å². The average molecular weight is 337 g/mol. The van der Waals surface area contributed by atoms with Crippen molar-refractivity contribution in [2.75, 3.05) is 25.1 Å². The summed E-state index contributed by atoms with van der Waals surface area (Å²) in [5.41, 5.74) is 2.34. The SMILES string of the molecule is COCc1cc(N2CCC[C@H](c3ccccc3)CC2)n2ncnc2n1. The van der Waals surface area contributed by atoms with Gasteiger partial charge in [0, 0.05) is 26.3 Å². The van der Waals surface area contributed by atoms with Crippen LogP contribution in [-0.4, -0.2) is 39.8 Å². The molecule has 2 aromatic heterocycles. The summed E-state index contributed by atoms with van der Waals surface area (Å²) in [5, 5.41) is 4.36. The van der Waals surface area contributed by atoms with Gasteiger partial charge in [-0.1, -0.05) is 30.3 Å². The summed E-state index contributed by atoms with van der Waals surface area (Å²) in [6, 6.07) is 12.9. The summed E-state index contributed by atoms with van der Waals surface area (Å²) in [6.07, 6.45) is 5.09. The van der Waals surface area contributed by atoms with E-state index in [0.717, 1.165) is 37.4 Å². The predicted molar refractivity (Wildman–Crippen MR) is 96.7 cm³/mol. The number of aromatic nitrogens is 4. The largest absolute Gasteiger partial charge is 0.378 e. The zero-order valence-corrected chi connectivity index (χ0v) is 14.5. The van der Waals surface area contributed by atoms with E-state index in [1.54, 1.807) is 13.4 Å². The summed E-state index contributed by atoms with van der Waals surface area (Å²) in [4.78, 5) is 11.2. The molecule has 130 valence electrons. The first kappa shape index (κ1) is 16.0. The van der Waals surface area contributed by atoms with E-state index in [0.29, 0.717) is 18.3 Å². The molecular formula is C19H23N5O. The van der Waals surface area contributed by atoms with Gasteiger partial charge in [-0.15, -0.1) is 0 Å². The Labute approximate surface area is 147 Å². The van der Waals surface area contributed by atoms with Gasteiger partial charge in [0.05, 0.1) is 12.3 Å². The maximum atomic E-state index is 5.26. The highest BCUT2D eigenvalue weighted by Crippen LogP contribution is 2.30. The maximum Gasteiger partial charge on any atom is 0.254 e. The van der Waals surface area contributed by atoms with Gasteiger partial charge in [0.1, 0.15) is 12.1 Å². The van der Waals surface area contributed by atoms with Crippen molar-refractivity contribution in [1.29, 1.82) is 0 Å². The van der Waals surface area contributed by atoms with Gasteiger partial charge in [-0.2, -0.15) is 14.6 Å². The predicted octanol–water partition coefficient (Wildman–Crippen LogP) is 3.04. The Hall–Kier alpha value is -2.47. The number of fused-ring (bicyclic) bond motifs is 1. The van der Waals surface area contributed by atoms with Crippen molar-refractivity contribution in [2.24, 2.45) is 0 Å². The number of benzene rings is 1. The second-order valence-corrected chi connectivity index (χ2v) is 6.54. The lowest BCUT2D eigenvalue weighted by Crippen LogP contribution is -2.27. The zero-order valence-electron chi connectivity index (χ0n) is 14.5. The molecule has 3 aromatic rings. The van der Waals surface area contributed by atoms with Gasteiger partial charge in [-0.25, -0.2) is 4.98 Å². The Morgan fingerprint density at radius 3 is 2.88 bits per heavy atom. The highest BCUT2D eigenvalue weighted by Gasteiger charge is 2.21. The number of methoxy groups -OCH3 is 1. The molecule has 0 saturated carbocycles. The number of anilines is 1. The average Bonchev–Trinajstić information content (AvgIpc) is 2.98. The van der Waals surface area contributed by atoms with Crippen LogP contribution in [0.15, 0.2) is 42.7 Å². The van der Waals surface area contributed by atoms with Gasteiger partial charge in [0.15, 0.2) is 0 Å². The van der Waals surface area contributed by atoms with Crippen LogP contribution in [-0.2, 0) is 11.3 Å². The zero-order chi connectivity index (χ0) is 17.1. The van der Waals surface area contributed by atoms with E-state index in [4.69, 9.17) is 4.74 Å². The minimum Gasteiger partial charge on any atom is -0.378 e. The molecule has 6 heteroatoms. The monoisotopic (exact) mass is 337 g/mol. The van der Waals surface area contributed by atoms with Gasteiger partial charge in [0.25, 0.3) is 5.78 Å². The van der Waals surface area contributed by atoms with E-state index >= 15 is 0 Å². The van der Waals surface area contributed by atoms with Crippen LogP contribution in [0.3, 0.4) is 0 Å². The lowest BCUT2D eigenvalue weighted by atomic mass is 9.92. The standard InChI is InChI=1S/C19H23N5O/c1-25-13-17-12-18(24-19(22-17)20-14-21-24)23-10-5-8-16(9-11-23)15-6-3-2-4-7-15/h2-4,6-7,12,14,16H,5,8-11,13H2,1H3/t16-/m0/s1. The number of ether oxygens (including phenoxy) is 1. The van der Waals surface area contributed by atoms with E-state index in [-0.39, 0.29) is 0 Å². The van der Waals surface area contributed by atoms with Crippen LogP contribution >= 0.6 is 0 Å². The van der Waals surface area contributed by atoms with Crippen molar-refractivity contribution in [1.82, 2.24) is 19.6 Å². The van der Waals surface area contributed by atoms with Crippen LogP contribution < -0.4 is 4.90 Å². The quantitative estimate of drug-likeness (QED) is 0.732. The van der Waals surface area contributed by atoms with Crippen molar-refractivity contribution in [3.05, 3.63) is 54.0 Å². The van der Waals surface area contributed by atoms with Crippen LogP contribution in [0, 0.1) is 0 Å². The lowest BCUT2D eigenvalue weighted by molar-refractivity contribution is 0.181. The third-order valence-corrected chi connectivity index (χ3v) is 4.90. The molecule has 1 fully saturated rings. The van der Waals surface area contributed by atoms with E-state index in [9.17, 15) is 0 Å². The molecule has 0 N–H and O–H groups in total. The number of nitrogens with zero attached hydrogens (tertiary/aromatic N) is 5. The first-order valence-corrected chi connectivity index (χ1v) is 8.83. The van der Waals surface area contributed by atoms with Crippen LogP contribution in [0.1, 0.15) is 36.4 Å². The fourth-order valence-electron chi connectivity index (χ4n) is 3.68. The lowest BCUT2D eigenvalue weighted by Gasteiger charge is -2.23. The molecule has 1 aliphatic heterocycles. The number of rotatable bonds is 4. The number of hydrogen-bond donors (Lipinski definition) is 0. The van der Waals surface area contributed by atoms with Crippen LogP contribution in [0.25, 0.3) is 5.78 Å². The van der Waals surface area contributed by atoms with Gasteiger partial charge in [-0.3, -0.25) is 0 Å². The van der Waals surface area contributed by atoms with E-state index in [1.807, 2.05) is 4.52 Å². The second kappa shape index (κ2) is 7.19. The van der Waals surface area contributed by atoms with Gasteiger partial charge in [0.2, 0.25) is 0 Å². The van der Waals surface area contributed by atoms with Gasteiger partial charge >= 0.3 is 0 Å². The summed E-state index contributed by atoms with van der Waals surface area (Å²) in [5.74, 6) is 2.31. The summed E-state index contributed by atoms with van der Waals surface area (Å²) >= 11 is 0. The first-order valence-electron chi connectivity index (χ1n) is 8.83. The summed E-state index contributed by atoms with van der Waals surface area (Å²) in [6.45, 7) is 2.51. The molecule has 0 spiro atoms. The molecule has 1 saturated heterocycles. The van der Waals surface area contributed by atoms with Crippen LogP contribution in [0.2, 0.25) is 0 Å². The molecule has 1 aromatic carbocycles. The molecule has 1 aliphatic rings. The second-order valence-electron chi connectivity index (χ2n) is 6.54. The molecule has 6 nitrogen and oxygen atoms in total. The van der Waals surface area contributed by atoms with Gasteiger partial charge < -0.3 is 9.64 Å². The third kappa shape index (κ3) is 3.35. The Balaban J connectivity index is 1.60. The Morgan fingerprint density at radius 1 is 1.16 bits per heavy atom.